The molecule has 0 atom stereocenters. The highest BCUT2D eigenvalue weighted by Gasteiger charge is 2.07. The first kappa shape index (κ1) is 19.4. The second-order valence-electron chi connectivity index (χ2n) is 5.72. The van der Waals surface area contributed by atoms with Crippen LogP contribution in [0.4, 0.5) is 0 Å². The third-order valence-electron chi connectivity index (χ3n) is 3.79. The lowest BCUT2D eigenvalue weighted by Gasteiger charge is -2.13. The van der Waals surface area contributed by atoms with Gasteiger partial charge in [0.1, 0.15) is 5.75 Å². The van der Waals surface area contributed by atoms with Gasteiger partial charge in [-0.25, -0.2) is 0 Å². The maximum atomic E-state index is 11.7. The van der Waals surface area contributed by atoms with Crippen molar-refractivity contribution in [2.75, 3.05) is 33.8 Å². The smallest absolute Gasteiger partial charge is 0.287 e. The molecule has 1 amide bonds. The molecule has 2 rings (SSSR count). The lowest BCUT2D eigenvalue weighted by molar-refractivity contribution is 0.0926. The predicted octanol–water partition coefficient (Wildman–Crippen LogP) is 1.73. The summed E-state index contributed by atoms with van der Waals surface area (Å²) >= 11 is 0. The number of benzene rings is 1. The third kappa shape index (κ3) is 5.84. The first-order valence-electron chi connectivity index (χ1n) is 8.53. The van der Waals surface area contributed by atoms with Crippen LogP contribution in [-0.2, 0) is 6.42 Å². The van der Waals surface area contributed by atoms with E-state index in [9.17, 15) is 4.79 Å². The van der Waals surface area contributed by atoms with Crippen LogP contribution >= 0.6 is 0 Å². The minimum absolute atomic E-state index is 0.230. The average Bonchev–Trinajstić information content (AvgIpc) is 3.18. The van der Waals surface area contributed by atoms with E-state index in [-0.39, 0.29) is 5.91 Å². The monoisotopic (exact) mass is 358 g/mol. The Kier molecular flexibility index (Phi) is 7.54. The number of furan rings is 1. The van der Waals surface area contributed by atoms with Crippen molar-refractivity contribution in [3.8, 4) is 5.75 Å². The molecule has 2 aromatic rings. The van der Waals surface area contributed by atoms with Gasteiger partial charge in [0.15, 0.2) is 11.7 Å². The fourth-order valence-electron chi connectivity index (χ4n) is 2.49. The largest absolute Gasteiger partial charge is 0.496 e. The zero-order chi connectivity index (χ0) is 18.8. The normalized spacial score (nSPS) is 11.1. The predicted molar refractivity (Wildman–Crippen MR) is 102 cm³/mol. The number of hydrogen-bond donors (Lipinski definition) is 3. The van der Waals surface area contributed by atoms with Gasteiger partial charge < -0.3 is 25.1 Å². The molecule has 140 valence electrons. The molecule has 7 nitrogen and oxygen atoms in total. The second-order valence-corrected chi connectivity index (χ2v) is 5.72. The van der Waals surface area contributed by atoms with E-state index in [1.54, 1.807) is 26.3 Å². The summed E-state index contributed by atoms with van der Waals surface area (Å²) in [6, 6.07) is 9.46. The summed E-state index contributed by atoms with van der Waals surface area (Å²) in [6.45, 7) is 3.80. The van der Waals surface area contributed by atoms with E-state index in [1.165, 1.54) is 11.8 Å². The molecule has 26 heavy (non-hydrogen) atoms. The van der Waals surface area contributed by atoms with Crippen molar-refractivity contribution in [1.82, 2.24) is 16.0 Å². The number of nitrogens with one attached hydrogen (secondary N) is 3. The quantitative estimate of drug-likeness (QED) is 0.380. The SMILES string of the molecule is CN=C(NCCNC(=O)c1ccco1)NCCc1cc(C)ccc1OC. The summed E-state index contributed by atoms with van der Waals surface area (Å²) in [5, 5.41) is 9.19. The molecule has 0 fully saturated rings. The lowest BCUT2D eigenvalue weighted by atomic mass is 10.1. The number of guanidine groups is 1. The van der Waals surface area contributed by atoms with Crippen molar-refractivity contribution in [3.05, 3.63) is 53.5 Å². The fourth-order valence-corrected chi connectivity index (χ4v) is 2.49. The Morgan fingerprint density at radius 2 is 1.92 bits per heavy atom. The molecule has 0 aliphatic carbocycles. The highest BCUT2D eigenvalue weighted by molar-refractivity contribution is 5.91. The summed E-state index contributed by atoms with van der Waals surface area (Å²) in [6.07, 6.45) is 2.29. The van der Waals surface area contributed by atoms with Crippen LogP contribution < -0.4 is 20.7 Å². The first-order chi connectivity index (χ1) is 12.6. The standard InChI is InChI=1S/C19H26N4O3/c1-14-6-7-16(25-3)15(13-14)8-9-22-19(20-2)23-11-10-21-18(24)17-5-4-12-26-17/h4-7,12-13H,8-11H2,1-3H3,(H,21,24)(H2,20,22,23). The van der Waals surface area contributed by atoms with Crippen LogP contribution in [0.15, 0.2) is 46.0 Å². The number of amides is 1. The van der Waals surface area contributed by atoms with Gasteiger partial charge in [-0.3, -0.25) is 9.79 Å². The Balaban J connectivity index is 1.69. The summed E-state index contributed by atoms with van der Waals surface area (Å²) in [7, 11) is 3.39. The summed E-state index contributed by atoms with van der Waals surface area (Å²) in [5.41, 5.74) is 2.36. The van der Waals surface area contributed by atoms with Gasteiger partial charge in [0.05, 0.1) is 13.4 Å². The van der Waals surface area contributed by atoms with E-state index in [4.69, 9.17) is 9.15 Å². The van der Waals surface area contributed by atoms with E-state index >= 15 is 0 Å². The summed E-state index contributed by atoms with van der Waals surface area (Å²) in [4.78, 5) is 15.9. The van der Waals surface area contributed by atoms with Crippen molar-refractivity contribution in [3.63, 3.8) is 0 Å². The number of aryl methyl sites for hydroxylation is 1. The molecule has 1 aromatic carbocycles. The van der Waals surface area contributed by atoms with Crippen LogP contribution in [0.3, 0.4) is 0 Å². The molecule has 3 N–H and O–H groups in total. The molecule has 0 spiro atoms. The highest BCUT2D eigenvalue weighted by atomic mass is 16.5. The number of ether oxygens (including phenoxy) is 1. The maximum Gasteiger partial charge on any atom is 0.287 e. The summed E-state index contributed by atoms with van der Waals surface area (Å²) < 4.78 is 10.4. The number of carbonyl (C=O) groups excluding carboxylic acids is 1. The van der Waals surface area contributed by atoms with Crippen molar-refractivity contribution in [2.24, 2.45) is 4.99 Å². The van der Waals surface area contributed by atoms with Gasteiger partial charge in [0.2, 0.25) is 0 Å². The maximum absolute atomic E-state index is 11.7. The van der Waals surface area contributed by atoms with E-state index in [0.717, 1.165) is 24.3 Å². The van der Waals surface area contributed by atoms with E-state index in [1.807, 2.05) is 12.1 Å². The highest BCUT2D eigenvalue weighted by Crippen LogP contribution is 2.19. The Morgan fingerprint density at radius 1 is 1.15 bits per heavy atom. The molecule has 7 heteroatoms. The minimum Gasteiger partial charge on any atom is -0.496 e. The Hall–Kier alpha value is -2.96. The molecule has 0 unspecified atom stereocenters. The molecule has 0 aliphatic rings. The van der Waals surface area contributed by atoms with E-state index in [0.29, 0.717) is 24.8 Å². The zero-order valence-electron chi connectivity index (χ0n) is 15.5. The number of methoxy groups -OCH3 is 1. The topological polar surface area (TPSA) is 87.9 Å². The van der Waals surface area contributed by atoms with Gasteiger partial charge in [0.25, 0.3) is 5.91 Å². The number of hydrogen-bond acceptors (Lipinski definition) is 4. The van der Waals surface area contributed by atoms with Gasteiger partial charge in [0, 0.05) is 26.7 Å². The van der Waals surface area contributed by atoms with Gasteiger partial charge in [-0.2, -0.15) is 0 Å². The van der Waals surface area contributed by atoms with Gasteiger partial charge in [-0.1, -0.05) is 17.7 Å². The third-order valence-corrected chi connectivity index (χ3v) is 3.79. The van der Waals surface area contributed by atoms with Crippen LogP contribution in [0.2, 0.25) is 0 Å². The molecule has 1 heterocycles. The average molecular weight is 358 g/mol. The molecule has 0 saturated carbocycles. The van der Waals surface area contributed by atoms with Crippen LogP contribution in [-0.4, -0.2) is 45.7 Å². The second kappa shape index (κ2) is 10.1. The first-order valence-corrected chi connectivity index (χ1v) is 8.53. The van der Waals surface area contributed by atoms with Crippen molar-refractivity contribution < 1.29 is 13.9 Å². The Morgan fingerprint density at radius 3 is 2.62 bits per heavy atom. The van der Waals surface area contributed by atoms with Crippen molar-refractivity contribution in [2.45, 2.75) is 13.3 Å². The fraction of sp³-hybridized carbons (Fsp3) is 0.368. The van der Waals surface area contributed by atoms with Crippen LogP contribution in [0.5, 0.6) is 5.75 Å². The number of aliphatic imine (C=N–C) groups is 1. The van der Waals surface area contributed by atoms with E-state index in [2.05, 4.69) is 33.9 Å². The number of rotatable bonds is 8. The number of carbonyl (C=O) groups is 1. The van der Waals surface area contributed by atoms with Crippen LogP contribution in [0.1, 0.15) is 21.7 Å². The van der Waals surface area contributed by atoms with E-state index < -0.39 is 0 Å². The molecule has 1 aromatic heterocycles. The van der Waals surface area contributed by atoms with Gasteiger partial charge >= 0.3 is 0 Å². The molecular formula is C19H26N4O3. The number of nitrogens with zero attached hydrogens (tertiary/aromatic N) is 1. The molecule has 0 saturated heterocycles. The van der Waals surface area contributed by atoms with Gasteiger partial charge in [-0.05, 0) is 37.1 Å². The minimum atomic E-state index is -0.230. The van der Waals surface area contributed by atoms with Crippen LogP contribution in [0.25, 0.3) is 0 Å². The van der Waals surface area contributed by atoms with Crippen molar-refractivity contribution >= 4 is 11.9 Å². The lowest BCUT2D eigenvalue weighted by Crippen LogP contribution is -2.42. The summed E-state index contributed by atoms with van der Waals surface area (Å²) in [5.74, 6) is 1.65. The van der Waals surface area contributed by atoms with Gasteiger partial charge in [-0.15, -0.1) is 0 Å². The molecule has 0 radical (unpaired) electrons. The Bertz CT molecular complexity index is 726. The molecule has 0 bridgehead atoms. The van der Waals surface area contributed by atoms with Crippen molar-refractivity contribution in [1.29, 1.82) is 0 Å². The molecular weight excluding hydrogens is 332 g/mol. The molecule has 0 aliphatic heterocycles. The van der Waals surface area contributed by atoms with Crippen LogP contribution in [0, 0.1) is 6.92 Å². The zero-order valence-corrected chi connectivity index (χ0v) is 15.5. The Labute approximate surface area is 153 Å².